The van der Waals surface area contributed by atoms with E-state index in [4.69, 9.17) is 0 Å². The minimum absolute atomic E-state index is 0.461. The second-order valence-electron chi connectivity index (χ2n) is 3.24. The second kappa shape index (κ2) is 4.61. The van der Waals surface area contributed by atoms with Crippen LogP contribution in [-0.2, 0) is 0 Å². The Morgan fingerprint density at radius 1 is 0.688 bits per heavy atom. The number of rotatable bonds is 3. The molecule has 4 heteroatoms. The molecule has 0 aromatic heterocycles. The zero-order valence-corrected chi connectivity index (χ0v) is 8.37. The van der Waals surface area contributed by atoms with Crippen molar-refractivity contribution in [3.05, 3.63) is 60.2 Å². The average Bonchev–Trinajstić information content (AvgIpc) is 2.32. The van der Waals surface area contributed by atoms with E-state index >= 15 is 0 Å². The summed E-state index contributed by atoms with van der Waals surface area (Å²) >= 11 is 0. The zero-order valence-electron chi connectivity index (χ0n) is 8.37. The normalized spacial score (nSPS) is 9.88. The number of hydrazine groups is 1. The van der Waals surface area contributed by atoms with Gasteiger partial charge in [-0.3, -0.25) is 0 Å². The fourth-order valence-corrected chi connectivity index (χ4v) is 1.24. The highest BCUT2D eigenvalue weighted by Gasteiger charge is 2.01. The van der Waals surface area contributed by atoms with E-state index in [-0.39, 0.29) is 0 Å². The first-order chi connectivity index (χ1) is 7.75. The maximum absolute atomic E-state index is 12.9. The highest BCUT2D eigenvalue weighted by Crippen LogP contribution is 2.13. The van der Waals surface area contributed by atoms with E-state index in [0.717, 1.165) is 17.8 Å². The van der Waals surface area contributed by atoms with Crippen molar-refractivity contribution in [1.29, 1.82) is 0 Å². The van der Waals surface area contributed by atoms with Crippen LogP contribution in [0.3, 0.4) is 0 Å². The molecule has 0 bridgehead atoms. The van der Waals surface area contributed by atoms with Gasteiger partial charge in [0.15, 0.2) is 11.6 Å². The van der Waals surface area contributed by atoms with Crippen LogP contribution in [0.4, 0.5) is 20.2 Å². The van der Waals surface area contributed by atoms with E-state index in [2.05, 4.69) is 10.9 Å². The molecule has 0 amide bonds. The molecule has 0 spiro atoms. The van der Waals surface area contributed by atoms with Gasteiger partial charge in [-0.15, -0.1) is 0 Å². The molecule has 2 nitrogen and oxygen atoms in total. The van der Waals surface area contributed by atoms with Crippen molar-refractivity contribution in [2.75, 3.05) is 10.9 Å². The second-order valence-corrected chi connectivity index (χ2v) is 3.24. The summed E-state index contributed by atoms with van der Waals surface area (Å²) in [5.74, 6) is -1.73. The topological polar surface area (TPSA) is 24.1 Å². The third-order valence-electron chi connectivity index (χ3n) is 2.04. The van der Waals surface area contributed by atoms with Crippen LogP contribution >= 0.6 is 0 Å². The van der Waals surface area contributed by atoms with E-state index in [1.165, 1.54) is 6.07 Å². The van der Waals surface area contributed by atoms with Gasteiger partial charge in [-0.2, -0.15) is 0 Å². The maximum Gasteiger partial charge on any atom is 0.160 e. The number of halogens is 2. The minimum atomic E-state index is -0.875. The maximum atomic E-state index is 12.9. The zero-order chi connectivity index (χ0) is 11.4. The summed E-state index contributed by atoms with van der Waals surface area (Å²) in [6.45, 7) is 0. The first-order valence-corrected chi connectivity index (χ1v) is 4.78. The molecule has 0 aliphatic rings. The van der Waals surface area contributed by atoms with Crippen molar-refractivity contribution in [2.45, 2.75) is 0 Å². The van der Waals surface area contributed by atoms with Gasteiger partial charge in [0.05, 0.1) is 11.4 Å². The molecular formula is C12H10F2N2. The van der Waals surface area contributed by atoms with Crippen molar-refractivity contribution in [3.8, 4) is 0 Å². The van der Waals surface area contributed by atoms with Crippen LogP contribution in [0.25, 0.3) is 0 Å². The Labute approximate surface area is 91.9 Å². The van der Waals surface area contributed by atoms with E-state index in [9.17, 15) is 8.78 Å². The Hall–Kier alpha value is -2.10. The van der Waals surface area contributed by atoms with Crippen molar-refractivity contribution in [1.82, 2.24) is 0 Å². The number of benzene rings is 2. The molecule has 2 aromatic carbocycles. The molecule has 0 radical (unpaired) electrons. The van der Waals surface area contributed by atoms with Gasteiger partial charge < -0.3 is 10.9 Å². The van der Waals surface area contributed by atoms with Crippen LogP contribution in [0.5, 0.6) is 0 Å². The van der Waals surface area contributed by atoms with Gasteiger partial charge in [0.1, 0.15) is 0 Å². The average molecular weight is 220 g/mol. The quantitative estimate of drug-likeness (QED) is 0.774. The third kappa shape index (κ3) is 2.48. The van der Waals surface area contributed by atoms with E-state index in [1.807, 2.05) is 30.3 Å². The summed E-state index contributed by atoms with van der Waals surface area (Å²) in [4.78, 5) is 0. The largest absolute Gasteiger partial charge is 0.301 e. The Bertz CT molecular complexity index is 472. The van der Waals surface area contributed by atoms with Gasteiger partial charge in [0.2, 0.25) is 0 Å². The molecule has 0 saturated heterocycles. The summed E-state index contributed by atoms with van der Waals surface area (Å²) in [6.07, 6.45) is 0. The summed E-state index contributed by atoms with van der Waals surface area (Å²) in [5.41, 5.74) is 6.94. The van der Waals surface area contributed by atoms with Crippen LogP contribution in [0.1, 0.15) is 0 Å². The minimum Gasteiger partial charge on any atom is -0.301 e. The van der Waals surface area contributed by atoms with Crippen LogP contribution in [0, 0.1) is 11.6 Å². The van der Waals surface area contributed by atoms with Crippen LogP contribution in [0.15, 0.2) is 48.5 Å². The molecule has 0 unspecified atom stereocenters. The molecular weight excluding hydrogens is 210 g/mol. The first kappa shape index (κ1) is 10.4. The number of anilines is 2. The number of nitrogens with one attached hydrogen (secondary N) is 2. The molecule has 0 saturated carbocycles. The van der Waals surface area contributed by atoms with E-state index in [1.54, 1.807) is 0 Å². The lowest BCUT2D eigenvalue weighted by Gasteiger charge is -2.09. The Kier molecular flexibility index (Phi) is 3.00. The summed E-state index contributed by atoms with van der Waals surface area (Å²) in [6, 6.07) is 13.0. The Morgan fingerprint density at radius 2 is 1.38 bits per heavy atom. The van der Waals surface area contributed by atoms with Crippen molar-refractivity contribution < 1.29 is 8.78 Å². The van der Waals surface area contributed by atoms with Gasteiger partial charge in [-0.05, 0) is 24.3 Å². The predicted molar refractivity (Wildman–Crippen MR) is 60.0 cm³/mol. The van der Waals surface area contributed by atoms with E-state index in [0.29, 0.717) is 5.69 Å². The van der Waals surface area contributed by atoms with Crippen LogP contribution in [0.2, 0.25) is 0 Å². The monoisotopic (exact) mass is 220 g/mol. The number of hydrogen-bond acceptors (Lipinski definition) is 2. The predicted octanol–water partition coefficient (Wildman–Crippen LogP) is 3.40. The molecule has 0 aliphatic carbocycles. The molecule has 82 valence electrons. The standard InChI is InChI=1S/C12H10F2N2/c13-11-7-6-10(8-12(11)14)16-15-9-4-2-1-3-5-9/h1-8,15-16H. The molecule has 2 N–H and O–H groups in total. The number of hydrogen-bond donors (Lipinski definition) is 2. The molecule has 2 rings (SSSR count). The van der Waals surface area contributed by atoms with Crippen molar-refractivity contribution in [2.24, 2.45) is 0 Å². The third-order valence-corrected chi connectivity index (χ3v) is 2.04. The van der Waals surface area contributed by atoms with Gasteiger partial charge in [-0.25, -0.2) is 8.78 Å². The SMILES string of the molecule is Fc1ccc(NNc2ccccc2)cc1F. The van der Waals surface area contributed by atoms with Gasteiger partial charge in [0, 0.05) is 6.07 Å². The lowest BCUT2D eigenvalue weighted by Crippen LogP contribution is -2.08. The molecule has 16 heavy (non-hydrogen) atoms. The van der Waals surface area contributed by atoms with Crippen molar-refractivity contribution in [3.63, 3.8) is 0 Å². The van der Waals surface area contributed by atoms with Crippen molar-refractivity contribution >= 4 is 11.4 Å². The van der Waals surface area contributed by atoms with E-state index < -0.39 is 11.6 Å². The number of para-hydroxylation sites is 1. The molecule has 2 aromatic rings. The molecule has 0 fully saturated rings. The molecule has 0 atom stereocenters. The summed E-state index contributed by atoms with van der Waals surface area (Å²) < 4.78 is 25.5. The summed E-state index contributed by atoms with van der Waals surface area (Å²) in [5, 5.41) is 0. The van der Waals surface area contributed by atoms with Crippen LogP contribution in [-0.4, -0.2) is 0 Å². The fraction of sp³-hybridized carbons (Fsp3) is 0. The fourth-order valence-electron chi connectivity index (χ4n) is 1.24. The smallest absolute Gasteiger partial charge is 0.160 e. The van der Waals surface area contributed by atoms with Crippen LogP contribution < -0.4 is 10.9 Å². The lowest BCUT2D eigenvalue weighted by molar-refractivity contribution is 0.509. The summed E-state index contributed by atoms with van der Waals surface area (Å²) in [7, 11) is 0. The van der Waals surface area contributed by atoms with Gasteiger partial charge in [-0.1, -0.05) is 18.2 Å². The van der Waals surface area contributed by atoms with Gasteiger partial charge >= 0.3 is 0 Å². The molecule has 0 aliphatic heterocycles. The molecule has 0 heterocycles. The Balaban J connectivity index is 2.03. The first-order valence-electron chi connectivity index (χ1n) is 4.78. The lowest BCUT2D eigenvalue weighted by atomic mass is 10.3. The van der Waals surface area contributed by atoms with Gasteiger partial charge in [0.25, 0.3) is 0 Å². The highest BCUT2D eigenvalue weighted by molar-refractivity contribution is 5.52. The Morgan fingerprint density at radius 3 is 2.06 bits per heavy atom. The highest BCUT2D eigenvalue weighted by atomic mass is 19.2.